The number of rotatable bonds is 3. The van der Waals surface area contributed by atoms with E-state index in [9.17, 15) is 4.79 Å². The second-order valence-electron chi connectivity index (χ2n) is 2.60. The third kappa shape index (κ3) is 3.02. The summed E-state index contributed by atoms with van der Waals surface area (Å²) in [6.07, 6.45) is 2.17. The van der Waals surface area contributed by atoms with E-state index in [1.165, 1.54) is 0 Å². The number of nitrogens with zero attached hydrogens (tertiary/aromatic N) is 1. The van der Waals surface area contributed by atoms with Gasteiger partial charge in [0.1, 0.15) is 5.82 Å². The molecule has 1 aromatic heterocycles. The zero-order valence-electron chi connectivity index (χ0n) is 6.83. The minimum Gasteiger partial charge on any atom is -0.481 e. The molecule has 5 heteroatoms. The zero-order chi connectivity index (χ0) is 9.84. The lowest BCUT2D eigenvalue weighted by atomic mass is 10.1. The molecule has 0 saturated carbocycles. The number of aryl methyl sites for hydroxylation is 1. The Bertz CT molecular complexity index is 328. The van der Waals surface area contributed by atoms with E-state index in [1.54, 1.807) is 12.3 Å². The molecule has 0 amide bonds. The van der Waals surface area contributed by atoms with Crippen LogP contribution in [0.1, 0.15) is 12.0 Å². The Hall–Kier alpha value is -1.10. The molecule has 1 aromatic rings. The van der Waals surface area contributed by atoms with Crippen molar-refractivity contribution in [2.45, 2.75) is 12.8 Å². The lowest BCUT2D eigenvalue weighted by Gasteiger charge is -2.00. The van der Waals surface area contributed by atoms with Gasteiger partial charge in [-0.05, 0) is 34.0 Å². The van der Waals surface area contributed by atoms with Crippen molar-refractivity contribution >= 4 is 27.7 Å². The maximum Gasteiger partial charge on any atom is 0.303 e. The zero-order valence-corrected chi connectivity index (χ0v) is 8.41. The highest BCUT2D eigenvalue weighted by molar-refractivity contribution is 9.10. The van der Waals surface area contributed by atoms with Gasteiger partial charge in [0.05, 0.1) is 4.47 Å². The Morgan fingerprint density at radius 2 is 2.38 bits per heavy atom. The van der Waals surface area contributed by atoms with Crippen LogP contribution >= 0.6 is 15.9 Å². The van der Waals surface area contributed by atoms with Crippen molar-refractivity contribution in [3.05, 3.63) is 22.3 Å². The van der Waals surface area contributed by atoms with Gasteiger partial charge in [-0.15, -0.1) is 0 Å². The van der Waals surface area contributed by atoms with Crippen molar-refractivity contribution in [3.63, 3.8) is 0 Å². The summed E-state index contributed by atoms with van der Waals surface area (Å²) >= 11 is 3.22. The summed E-state index contributed by atoms with van der Waals surface area (Å²) in [6, 6.07) is 1.78. The Labute approximate surface area is 83.9 Å². The van der Waals surface area contributed by atoms with Crippen LogP contribution in [0.15, 0.2) is 16.7 Å². The first-order chi connectivity index (χ1) is 6.09. The molecule has 0 aliphatic rings. The molecule has 0 aliphatic heterocycles. The largest absolute Gasteiger partial charge is 0.481 e. The van der Waals surface area contributed by atoms with E-state index in [2.05, 4.69) is 20.9 Å². The SMILES string of the molecule is Nc1ncc(CCC(=O)O)cc1Br. The second kappa shape index (κ2) is 4.23. The van der Waals surface area contributed by atoms with Crippen LogP contribution in [0.5, 0.6) is 0 Å². The summed E-state index contributed by atoms with van der Waals surface area (Å²) in [4.78, 5) is 14.2. The second-order valence-corrected chi connectivity index (χ2v) is 3.46. The number of nitrogen functional groups attached to an aromatic ring is 1. The van der Waals surface area contributed by atoms with Gasteiger partial charge in [-0.2, -0.15) is 0 Å². The maximum absolute atomic E-state index is 10.3. The summed E-state index contributed by atoms with van der Waals surface area (Å²) in [6.45, 7) is 0. The van der Waals surface area contributed by atoms with Crippen LogP contribution in [0, 0.1) is 0 Å². The first kappa shape index (κ1) is 9.98. The molecule has 0 aromatic carbocycles. The molecular formula is C8H9BrN2O2. The number of aliphatic carboxylic acids is 1. The van der Waals surface area contributed by atoms with Gasteiger partial charge in [0, 0.05) is 12.6 Å². The molecule has 0 radical (unpaired) electrons. The van der Waals surface area contributed by atoms with Gasteiger partial charge >= 0.3 is 5.97 Å². The van der Waals surface area contributed by atoms with Crippen LogP contribution in [-0.4, -0.2) is 16.1 Å². The minimum atomic E-state index is -0.812. The molecule has 70 valence electrons. The fourth-order valence-electron chi connectivity index (χ4n) is 0.876. The molecule has 0 aliphatic carbocycles. The third-order valence-electron chi connectivity index (χ3n) is 1.55. The van der Waals surface area contributed by atoms with Crippen molar-refractivity contribution in [1.82, 2.24) is 4.98 Å². The number of anilines is 1. The van der Waals surface area contributed by atoms with Crippen LogP contribution < -0.4 is 5.73 Å². The number of halogens is 1. The first-order valence-corrected chi connectivity index (χ1v) is 4.50. The van der Waals surface area contributed by atoms with E-state index in [1.807, 2.05) is 0 Å². The predicted octanol–water partition coefficient (Wildman–Crippen LogP) is 1.44. The highest BCUT2D eigenvalue weighted by Gasteiger charge is 2.02. The van der Waals surface area contributed by atoms with Crippen LogP contribution in [0.25, 0.3) is 0 Å². The first-order valence-electron chi connectivity index (χ1n) is 3.71. The summed E-state index contributed by atoms with van der Waals surface area (Å²) in [7, 11) is 0. The number of carbonyl (C=O) groups is 1. The van der Waals surface area contributed by atoms with Gasteiger partial charge in [-0.25, -0.2) is 4.98 Å². The minimum absolute atomic E-state index is 0.109. The maximum atomic E-state index is 10.3. The average molecular weight is 245 g/mol. The van der Waals surface area contributed by atoms with Gasteiger partial charge in [-0.3, -0.25) is 4.79 Å². The molecule has 0 unspecified atom stereocenters. The van der Waals surface area contributed by atoms with Crippen molar-refractivity contribution in [2.24, 2.45) is 0 Å². The number of hydrogen-bond acceptors (Lipinski definition) is 3. The topological polar surface area (TPSA) is 76.2 Å². The Balaban J connectivity index is 2.68. The van der Waals surface area contributed by atoms with Crippen LogP contribution in [-0.2, 0) is 11.2 Å². The van der Waals surface area contributed by atoms with Crippen molar-refractivity contribution in [3.8, 4) is 0 Å². The highest BCUT2D eigenvalue weighted by atomic mass is 79.9. The number of aromatic nitrogens is 1. The normalized spacial score (nSPS) is 9.92. The molecule has 3 N–H and O–H groups in total. The standard InChI is InChI=1S/C8H9BrN2O2/c9-6-3-5(1-2-7(12)13)4-11-8(6)10/h3-4H,1-2H2,(H2,10,11)(H,12,13). The molecule has 13 heavy (non-hydrogen) atoms. The fraction of sp³-hybridized carbons (Fsp3) is 0.250. The van der Waals surface area contributed by atoms with Crippen molar-refractivity contribution < 1.29 is 9.90 Å². The molecule has 0 atom stereocenters. The third-order valence-corrected chi connectivity index (χ3v) is 2.19. The summed E-state index contributed by atoms with van der Waals surface area (Å²) in [5.74, 6) is -0.396. The Morgan fingerprint density at radius 1 is 1.69 bits per heavy atom. The summed E-state index contributed by atoms with van der Waals surface area (Å²) in [5, 5.41) is 8.44. The van der Waals surface area contributed by atoms with Crippen LogP contribution in [0.4, 0.5) is 5.82 Å². The van der Waals surface area contributed by atoms with Gasteiger partial charge in [0.2, 0.25) is 0 Å². The van der Waals surface area contributed by atoms with E-state index < -0.39 is 5.97 Å². The molecule has 4 nitrogen and oxygen atoms in total. The monoisotopic (exact) mass is 244 g/mol. The smallest absolute Gasteiger partial charge is 0.303 e. The van der Waals surface area contributed by atoms with E-state index in [0.717, 1.165) is 5.56 Å². The fourth-order valence-corrected chi connectivity index (χ4v) is 1.27. The molecular weight excluding hydrogens is 236 g/mol. The number of pyridine rings is 1. The van der Waals surface area contributed by atoms with E-state index in [0.29, 0.717) is 16.7 Å². The molecule has 1 rings (SSSR count). The highest BCUT2D eigenvalue weighted by Crippen LogP contribution is 2.18. The average Bonchev–Trinajstić information content (AvgIpc) is 2.07. The van der Waals surface area contributed by atoms with E-state index in [-0.39, 0.29) is 6.42 Å². The molecule has 0 fully saturated rings. The van der Waals surface area contributed by atoms with Crippen molar-refractivity contribution in [1.29, 1.82) is 0 Å². The number of hydrogen-bond donors (Lipinski definition) is 2. The molecule has 0 saturated heterocycles. The number of nitrogens with two attached hydrogens (primary N) is 1. The summed E-state index contributed by atoms with van der Waals surface area (Å²) < 4.78 is 0.704. The van der Waals surface area contributed by atoms with Gasteiger partial charge in [-0.1, -0.05) is 0 Å². The van der Waals surface area contributed by atoms with E-state index in [4.69, 9.17) is 10.8 Å². The molecule has 0 bridgehead atoms. The lowest BCUT2D eigenvalue weighted by Crippen LogP contribution is -1.99. The Kier molecular flexibility index (Phi) is 3.25. The van der Waals surface area contributed by atoms with Crippen molar-refractivity contribution in [2.75, 3.05) is 5.73 Å². The Morgan fingerprint density at radius 3 is 2.92 bits per heavy atom. The van der Waals surface area contributed by atoms with Crippen LogP contribution in [0.3, 0.4) is 0 Å². The molecule has 0 spiro atoms. The molecule has 1 heterocycles. The quantitative estimate of drug-likeness (QED) is 0.844. The predicted molar refractivity (Wildman–Crippen MR) is 52.3 cm³/mol. The summed E-state index contributed by atoms with van der Waals surface area (Å²) in [5.41, 5.74) is 6.33. The van der Waals surface area contributed by atoms with Gasteiger partial charge in [0.15, 0.2) is 0 Å². The van der Waals surface area contributed by atoms with Crippen LogP contribution in [0.2, 0.25) is 0 Å². The lowest BCUT2D eigenvalue weighted by molar-refractivity contribution is -0.136. The van der Waals surface area contributed by atoms with Gasteiger partial charge < -0.3 is 10.8 Å². The number of carboxylic acids is 1. The van der Waals surface area contributed by atoms with E-state index >= 15 is 0 Å². The van der Waals surface area contributed by atoms with Gasteiger partial charge in [0.25, 0.3) is 0 Å². The number of carboxylic acid groups (broad SMARTS) is 1.